The number of hydrogen-bond donors (Lipinski definition) is 1. The molecule has 1 aromatic carbocycles. The van der Waals surface area contributed by atoms with Crippen LogP contribution in [0.1, 0.15) is 11.1 Å². The Hall–Kier alpha value is -1.40. The number of benzene rings is 1. The van der Waals surface area contributed by atoms with E-state index in [0.717, 1.165) is 25.1 Å². The lowest BCUT2D eigenvalue weighted by Gasteiger charge is -2.27. The molecular weight excluding hydrogens is 179 g/mol. The van der Waals surface area contributed by atoms with E-state index in [1.54, 1.807) is 12.1 Å². The van der Waals surface area contributed by atoms with Crippen LogP contribution >= 0.6 is 0 Å². The van der Waals surface area contributed by atoms with Gasteiger partial charge in [0.1, 0.15) is 11.9 Å². The standard InChI is InChI=1S/C11H11FN2/c12-11-2-1-8(4-10(11)5-13)3-9-6-14-7-9/h1-2,4,9,14H,3,6-7H2. The van der Waals surface area contributed by atoms with E-state index in [-0.39, 0.29) is 5.56 Å². The molecule has 14 heavy (non-hydrogen) atoms. The van der Waals surface area contributed by atoms with Gasteiger partial charge in [-0.15, -0.1) is 0 Å². The molecular formula is C11H11FN2. The molecule has 0 aromatic heterocycles. The number of hydrogen-bond acceptors (Lipinski definition) is 2. The zero-order valence-corrected chi connectivity index (χ0v) is 7.76. The summed E-state index contributed by atoms with van der Waals surface area (Å²) in [6, 6.07) is 6.63. The van der Waals surface area contributed by atoms with Crippen LogP contribution in [0.4, 0.5) is 4.39 Å². The summed E-state index contributed by atoms with van der Waals surface area (Å²) in [7, 11) is 0. The van der Waals surface area contributed by atoms with Crippen LogP contribution in [0.2, 0.25) is 0 Å². The maximum Gasteiger partial charge on any atom is 0.140 e. The number of rotatable bonds is 2. The van der Waals surface area contributed by atoms with Crippen molar-refractivity contribution in [2.45, 2.75) is 6.42 Å². The zero-order chi connectivity index (χ0) is 9.97. The van der Waals surface area contributed by atoms with Gasteiger partial charge in [-0.2, -0.15) is 5.26 Å². The molecule has 72 valence electrons. The maximum absolute atomic E-state index is 13.0. The molecule has 1 aromatic rings. The van der Waals surface area contributed by atoms with Crippen LogP contribution in [0.15, 0.2) is 18.2 Å². The van der Waals surface area contributed by atoms with Gasteiger partial charge in [0.15, 0.2) is 0 Å². The first kappa shape index (κ1) is 9.17. The second-order valence-electron chi connectivity index (χ2n) is 3.65. The smallest absolute Gasteiger partial charge is 0.140 e. The average Bonchev–Trinajstić information content (AvgIpc) is 2.14. The van der Waals surface area contributed by atoms with E-state index in [1.807, 2.05) is 6.07 Å². The minimum atomic E-state index is -0.428. The summed E-state index contributed by atoms with van der Waals surface area (Å²) >= 11 is 0. The molecule has 1 heterocycles. The van der Waals surface area contributed by atoms with Gasteiger partial charge in [-0.3, -0.25) is 0 Å². The topological polar surface area (TPSA) is 35.8 Å². The van der Waals surface area contributed by atoms with E-state index in [1.165, 1.54) is 6.07 Å². The normalized spacial score (nSPS) is 16.0. The Balaban J connectivity index is 2.14. The monoisotopic (exact) mass is 190 g/mol. The molecule has 2 rings (SSSR count). The Kier molecular flexibility index (Phi) is 2.47. The molecule has 0 aliphatic carbocycles. The number of nitrogens with zero attached hydrogens (tertiary/aromatic N) is 1. The van der Waals surface area contributed by atoms with Crippen LogP contribution < -0.4 is 5.32 Å². The highest BCUT2D eigenvalue weighted by molar-refractivity contribution is 5.34. The summed E-state index contributed by atoms with van der Waals surface area (Å²) in [5.41, 5.74) is 1.20. The minimum Gasteiger partial charge on any atom is -0.316 e. The highest BCUT2D eigenvalue weighted by Gasteiger charge is 2.17. The third-order valence-electron chi connectivity index (χ3n) is 2.54. The van der Waals surface area contributed by atoms with Crippen molar-refractivity contribution in [1.82, 2.24) is 5.32 Å². The Bertz CT molecular complexity index is 377. The lowest BCUT2D eigenvalue weighted by Crippen LogP contribution is -2.43. The Morgan fingerprint density at radius 3 is 2.86 bits per heavy atom. The van der Waals surface area contributed by atoms with Crippen LogP contribution in [-0.4, -0.2) is 13.1 Å². The molecule has 0 unspecified atom stereocenters. The van der Waals surface area contributed by atoms with Gasteiger partial charge in [-0.25, -0.2) is 4.39 Å². The van der Waals surface area contributed by atoms with Crippen molar-refractivity contribution in [3.8, 4) is 6.07 Å². The van der Waals surface area contributed by atoms with E-state index < -0.39 is 5.82 Å². The summed E-state index contributed by atoms with van der Waals surface area (Å²) in [5, 5.41) is 11.8. The lowest BCUT2D eigenvalue weighted by molar-refractivity contribution is 0.346. The molecule has 1 aliphatic rings. The second kappa shape index (κ2) is 3.77. The average molecular weight is 190 g/mol. The van der Waals surface area contributed by atoms with Crippen molar-refractivity contribution >= 4 is 0 Å². The van der Waals surface area contributed by atoms with Crippen LogP contribution in [0.5, 0.6) is 0 Å². The molecule has 1 aliphatic heterocycles. The van der Waals surface area contributed by atoms with Crippen molar-refractivity contribution in [1.29, 1.82) is 5.26 Å². The largest absolute Gasteiger partial charge is 0.316 e. The highest BCUT2D eigenvalue weighted by Crippen LogP contribution is 2.15. The first-order chi connectivity index (χ1) is 6.79. The third-order valence-corrected chi connectivity index (χ3v) is 2.54. The number of halogens is 1. The molecule has 1 saturated heterocycles. The van der Waals surface area contributed by atoms with E-state index in [2.05, 4.69) is 5.32 Å². The van der Waals surface area contributed by atoms with Crippen molar-refractivity contribution in [3.63, 3.8) is 0 Å². The summed E-state index contributed by atoms with van der Waals surface area (Å²) in [6.45, 7) is 2.05. The molecule has 0 amide bonds. The van der Waals surface area contributed by atoms with E-state index in [4.69, 9.17) is 5.26 Å². The predicted molar refractivity (Wildman–Crippen MR) is 51.2 cm³/mol. The fourth-order valence-corrected chi connectivity index (χ4v) is 1.61. The quantitative estimate of drug-likeness (QED) is 0.766. The zero-order valence-electron chi connectivity index (χ0n) is 7.76. The summed E-state index contributed by atoms with van der Waals surface area (Å²) < 4.78 is 13.0. The van der Waals surface area contributed by atoms with Gasteiger partial charge in [0.2, 0.25) is 0 Å². The molecule has 0 atom stereocenters. The van der Waals surface area contributed by atoms with Gasteiger partial charge in [-0.1, -0.05) is 6.07 Å². The molecule has 2 nitrogen and oxygen atoms in total. The Morgan fingerprint density at radius 2 is 2.29 bits per heavy atom. The van der Waals surface area contributed by atoms with E-state index in [9.17, 15) is 4.39 Å². The number of nitriles is 1. The van der Waals surface area contributed by atoms with Crippen LogP contribution in [0.3, 0.4) is 0 Å². The van der Waals surface area contributed by atoms with Gasteiger partial charge >= 0.3 is 0 Å². The molecule has 0 bridgehead atoms. The maximum atomic E-state index is 13.0. The molecule has 3 heteroatoms. The van der Waals surface area contributed by atoms with Crippen molar-refractivity contribution in [3.05, 3.63) is 35.1 Å². The number of nitrogens with one attached hydrogen (secondary N) is 1. The molecule has 1 N–H and O–H groups in total. The van der Waals surface area contributed by atoms with Gasteiger partial charge in [-0.05, 0) is 43.1 Å². The SMILES string of the molecule is N#Cc1cc(CC2CNC2)ccc1F. The van der Waals surface area contributed by atoms with Crippen molar-refractivity contribution in [2.75, 3.05) is 13.1 Å². The molecule has 0 radical (unpaired) electrons. The van der Waals surface area contributed by atoms with Crippen molar-refractivity contribution < 1.29 is 4.39 Å². The summed E-state index contributed by atoms with van der Waals surface area (Å²) in [6.07, 6.45) is 0.933. The van der Waals surface area contributed by atoms with Gasteiger partial charge < -0.3 is 5.32 Å². The Morgan fingerprint density at radius 1 is 1.50 bits per heavy atom. The third kappa shape index (κ3) is 1.75. The van der Waals surface area contributed by atoms with E-state index in [0.29, 0.717) is 5.92 Å². The van der Waals surface area contributed by atoms with E-state index >= 15 is 0 Å². The van der Waals surface area contributed by atoms with Gasteiger partial charge in [0.05, 0.1) is 5.56 Å². The first-order valence-corrected chi connectivity index (χ1v) is 4.69. The van der Waals surface area contributed by atoms with Gasteiger partial charge in [0.25, 0.3) is 0 Å². The second-order valence-corrected chi connectivity index (χ2v) is 3.65. The summed E-state index contributed by atoms with van der Waals surface area (Å²) in [4.78, 5) is 0. The fraction of sp³-hybridized carbons (Fsp3) is 0.364. The summed E-state index contributed by atoms with van der Waals surface area (Å²) in [5.74, 6) is 0.218. The minimum absolute atomic E-state index is 0.148. The molecule has 0 saturated carbocycles. The highest BCUT2D eigenvalue weighted by atomic mass is 19.1. The van der Waals surface area contributed by atoms with Crippen LogP contribution in [-0.2, 0) is 6.42 Å². The van der Waals surface area contributed by atoms with Gasteiger partial charge in [0, 0.05) is 0 Å². The molecule has 1 fully saturated rings. The van der Waals surface area contributed by atoms with Crippen molar-refractivity contribution in [2.24, 2.45) is 5.92 Å². The lowest BCUT2D eigenvalue weighted by atomic mass is 9.94. The molecule has 0 spiro atoms. The predicted octanol–water partition coefficient (Wildman–Crippen LogP) is 1.46. The Labute approximate surface area is 82.4 Å². The van der Waals surface area contributed by atoms with Crippen LogP contribution in [0.25, 0.3) is 0 Å². The first-order valence-electron chi connectivity index (χ1n) is 4.69. The van der Waals surface area contributed by atoms with Crippen LogP contribution in [0, 0.1) is 23.1 Å². The fourth-order valence-electron chi connectivity index (χ4n) is 1.61.